The largest absolute Gasteiger partial charge is 0.324 e. The van der Waals surface area contributed by atoms with E-state index in [-0.39, 0.29) is 18.2 Å². The summed E-state index contributed by atoms with van der Waals surface area (Å²) < 4.78 is 0.834. The summed E-state index contributed by atoms with van der Waals surface area (Å²) in [5.41, 5.74) is 1.34. The maximum absolute atomic E-state index is 12.4. The molecule has 1 saturated heterocycles. The summed E-state index contributed by atoms with van der Waals surface area (Å²) in [7, 11) is 0. The highest BCUT2D eigenvalue weighted by molar-refractivity contribution is 9.10. The van der Waals surface area contributed by atoms with Crippen molar-refractivity contribution in [2.45, 2.75) is 6.42 Å². The highest BCUT2D eigenvalue weighted by atomic mass is 79.9. The molecule has 0 unspecified atom stereocenters. The lowest BCUT2D eigenvalue weighted by molar-refractivity contribution is -0.122. The Hall–Kier alpha value is -1.85. The number of benzene rings is 2. The van der Waals surface area contributed by atoms with E-state index in [1.165, 1.54) is 0 Å². The fourth-order valence-corrected chi connectivity index (χ4v) is 3.27. The van der Waals surface area contributed by atoms with Gasteiger partial charge in [0.25, 0.3) is 0 Å². The Bertz CT molecular complexity index is 766. The quantitative estimate of drug-likeness (QED) is 0.854. The third-order valence-electron chi connectivity index (χ3n) is 3.77. The van der Waals surface area contributed by atoms with Gasteiger partial charge in [-0.1, -0.05) is 35.9 Å². The molecule has 2 aromatic carbocycles. The minimum Gasteiger partial charge on any atom is -0.324 e. The Balaban J connectivity index is 1.74. The van der Waals surface area contributed by atoms with Crippen LogP contribution in [0.15, 0.2) is 53.0 Å². The first-order valence-corrected chi connectivity index (χ1v) is 8.33. The topological polar surface area (TPSA) is 49.4 Å². The zero-order valence-corrected chi connectivity index (χ0v) is 14.5. The summed E-state index contributed by atoms with van der Waals surface area (Å²) in [4.78, 5) is 26.3. The number of hydrogen-bond donors (Lipinski definition) is 1. The smallest absolute Gasteiger partial charge is 0.229 e. The van der Waals surface area contributed by atoms with E-state index in [1.54, 1.807) is 29.2 Å². The number of nitrogens with zero attached hydrogens (tertiary/aromatic N) is 1. The molecule has 23 heavy (non-hydrogen) atoms. The molecule has 0 aromatic heterocycles. The second kappa shape index (κ2) is 6.72. The molecule has 0 saturated carbocycles. The van der Waals surface area contributed by atoms with Gasteiger partial charge >= 0.3 is 0 Å². The van der Waals surface area contributed by atoms with Crippen LogP contribution in [0.1, 0.15) is 6.42 Å². The van der Waals surface area contributed by atoms with Gasteiger partial charge in [0.15, 0.2) is 0 Å². The Morgan fingerprint density at radius 3 is 2.61 bits per heavy atom. The molecular formula is C17H14BrClN2O2. The van der Waals surface area contributed by atoms with Gasteiger partial charge in [-0.2, -0.15) is 0 Å². The maximum atomic E-state index is 12.4. The summed E-state index contributed by atoms with van der Waals surface area (Å²) in [6.45, 7) is 0.359. The van der Waals surface area contributed by atoms with Crippen LogP contribution in [0.5, 0.6) is 0 Å². The van der Waals surface area contributed by atoms with Crippen LogP contribution in [0.25, 0.3) is 0 Å². The number of anilines is 2. The van der Waals surface area contributed by atoms with Gasteiger partial charge in [-0.15, -0.1) is 0 Å². The van der Waals surface area contributed by atoms with Gasteiger partial charge in [0.1, 0.15) is 0 Å². The number of halogens is 2. The summed E-state index contributed by atoms with van der Waals surface area (Å²) in [5.74, 6) is -0.650. The van der Waals surface area contributed by atoms with Crippen molar-refractivity contribution in [2.75, 3.05) is 16.8 Å². The molecular weight excluding hydrogens is 380 g/mol. The predicted octanol–water partition coefficient (Wildman–Crippen LogP) is 4.09. The first-order valence-electron chi connectivity index (χ1n) is 7.16. The molecule has 1 N–H and O–H groups in total. The van der Waals surface area contributed by atoms with E-state index in [4.69, 9.17) is 11.6 Å². The second-order valence-electron chi connectivity index (χ2n) is 5.33. The van der Waals surface area contributed by atoms with Crippen LogP contribution in [-0.4, -0.2) is 18.4 Å². The Kier molecular flexibility index (Phi) is 4.68. The molecule has 1 fully saturated rings. The van der Waals surface area contributed by atoms with Crippen molar-refractivity contribution in [1.82, 2.24) is 0 Å². The number of rotatable bonds is 3. The molecule has 1 heterocycles. The van der Waals surface area contributed by atoms with Gasteiger partial charge < -0.3 is 10.2 Å². The van der Waals surface area contributed by atoms with Crippen molar-refractivity contribution < 1.29 is 9.59 Å². The Morgan fingerprint density at radius 2 is 1.87 bits per heavy atom. The van der Waals surface area contributed by atoms with Crippen molar-refractivity contribution in [1.29, 1.82) is 0 Å². The van der Waals surface area contributed by atoms with E-state index in [1.807, 2.05) is 24.3 Å². The third-order valence-corrected chi connectivity index (χ3v) is 4.77. The normalized spacial score (nSPS) is 17.4. The Labute approximate surface area is 147 Å². The van der Waals surface area contributed by atoms with E-state index in [9.17, 15) is 9.59 Å². The van der Waals surface area contributed by atoms with Gasteiger partial charge in [0.2, 0.25) is 11.8 Å². The van der Waals surface area contributed by atoms with Crippen molar-refractivity contribution in [3.63, 3.8) is 0 Å². The maximum Gasteiger partial charge on any atom is 0.229 e. The van der Waals surface area contributed by atoms with E-state index < -0.39 is 5.92 Å². The van der Waals surface area contributed by atoms with Crippen LogP contribution >= 0.6 is 27.5 Å². The van der Waals surface area contributed by atoms with Crippen LogP contribution in [0.3, 0.4) is 0 Å². The molecule has 6 heteroatoms. The number of carbonyl (C=O) groups excluding carboxylic acids is 2. The zero-order chi connectivity index (χ0) is 16.4. The van der Waals surface area contributed by atoms with E-state index in [2.05, 4.69) is 21.2 Å². The van der Waals surface area contributed by atoms with Crippen molar-refractivity contribution in [3.05, 3.63) is 58.0 Å². The molecule has 0 radical (unpaired) electrons. The number of para-hydroxylation sites is 2. The van der Waals surface area contributed by atoms with Gasteiger partial charge in [0, 0.05) is 17.4 Å². The molecule has 1 atom stereocenters. The lowest BCUT2D eigenvalue weighted by Gasteiger charge is -2.18. The number of nitrogens with one attached hydrogen (secondary N) is 1. The van der Waals surface area contributed by atoms with Crippen molar-refractivity contribution in [2.24, 2.45) is 5.92 Å². The Morgan fingerprint density at radius 1 is 1.17 bits per heavy atom. The van der Waals surface area contributed by atoms with Crippen LogP contribution in [0, 0.1) is 5.92 Å². The molecule has 0 aliphatic carbocycles. The monoisotopic (exact) mass is 392 g/mol. The van der Waals surface area contributed by atoms with Crippen LogP contribution in [-0.2, 0) is 9.59 Å². The number of hydrogen-bond acceptors (Lipinski definition) is 2. The molecule has 2 amide bonds. The van der Waals surface area contributed by atoms with E-state index in [0.29, 0.717) is 17.3 Å². The molecule has 0 bridgehead atoms. The van der Waals surface area contributed by atoms with Crippen molar-refractivity contribution >= 4 is 50.7 Å². The molecule has 2 aromatic rings. The average Bonchev–Trinajstić information content (AvgIpc) is 2.92. The third kappa shape index (κ3) is 3.41. The summed E-state index contributed by atoms with van der Waals surface area (Å²) in [6.07, 6.45) is 0.192. The minimum absolute atomic E-state index is 0.0591. The summed E-state index contributed by atoms with van der Waals surface area (Å²) >= 11 is 9.49. The van der Waals surface area contributed by atoms with Gasteiger partial charge in [-0.05, 0) is 40.2 Å². The molecule has 1 aliphatic rings. The lowest BCUT2D eigenvalue weighted by Crippen LogP contribution is -2.28. The molecule has 4 nitrogen and oxygen atoms in total. The lowest BCUT2D eigenvalue weighted by atomic mass is 10.1. The predicted molar refractivity (Wildman–Crippen MR) is 94.7 cm³/mol. The molecule has 0 spiro atoms. The standard InChI is InChI=1S/C17H14BrClN2O2/c18-12-5-1-4-8-15(12)21-10-11(9-16(21)22)17(23)20-14-7-3-2-6-13(14)19/h1-8,11H,9-10H2,(H,20,23)/t11-/m1/s1. The second-order valence-corrected chi connectivity index (χ2v) is 6.59. The van der Waals surface area contributed by atoms with Gasteiger partial charge in [-0.3, -0.25) is 9.59 Å². The van der Waals surface area contributed by atoms with Crippen molar-refractivity contribution in [3.8, 4) is 0 Å². The molecule has 118 valence electrons. The van der Waals surface area contributed by atoms with Gasteiger partial charge in [-0.25, -0.2) is 0 Å². The minimum atomic E-state index is -0.397. The summed E-state index contributed by atoms with van der Waals surface area (Å²) in [5, 5.41) is 3.28. The molecule has 3 rings (SSSR count). The van der Waals surface area contributed by atoms with E-state index in [0.717, 1.165) is 10.2 Å². The fourth-order valence-electron chi connectivity index (χ4n) is 2.58. The van der Waals surface area contributed by atoms with Crippen LogP contribution < -0.4 is 10.2 Å². The average molecular weight is 394 g/mol. The first-order chi connectivity index (χ1) is 11.1. The first kappa shape index (κ1) is 16.0. The van der Waals surface area contributed by atoms with Crippen LogP contribution in [0.2, 0.25) is 5.02 Å². The highest BCUT2D eigenvalue weighted by Crippen LogP contribution is 2.32. The van der Waals surface area contributed by atoms with Gasteiger partial charge in [0.05, 0.1) is 22.3 Å². The SMILES string of the molecule is O=C(Nc1ccccc1Cl)[C@@H]1CC(=O)N(c2ccccc2Br)C1. The van der Waals surface area contributed by atoms with E-state index >= 15 is 0 Å². The molecule has 1 aliphatic heterocycles. The number of amides is 2. The fraction of sp³-hybridized carbons (Fsp3) is 0.176. The summed E-state index contributed by atoms with van der Waals surface area (Å²) in [6, 6.07) is 14.5. The van der Waals surface area contributed by atoms with Crippen LogP contribution in [0.4, 0.5) is 11.4 Å². The zero-order valence-electron chi connectivity index (χ0n) is 12.1. The highest BCUT2D eigenvalue weighted by Gasteiger charge is 2.35. The number of carbonyl (C=O) groups is 2.